The zero-order valence-electron chi connectivity index (χ0n) is 21.0. The maximum Gasteiger partial charge on any atom is 0.258 e. The van der Waals surface area contributed by atoms with Crippen LogP contribution in [0.3, 0.4) is 0 Å². The normalized spacial score (nSPS) is 10.7. The van der Waals surface area contributed by atoms with Crippen molar-refractivity contribution < 1.29 is 14.3 Å². The largest absolute Gasteiger partial charge is 0.484 e. The Hall–Kier alpha value is -4.11. The van der Waals surface area contributed by atoms with Crippen molar-refractivity contribution in [3.05, 3.63) is 95.3 Å². The summed E-state index contributed by atoms with van der Waals surface area (Å²) in [6.07, 6.45) is 0. The number of hydrogen-bond donors (Lipinski definition) is 2. The van der Waals surface area contributed by atoms with Gasteiger partial charge in [0.15, 0.2) is 17.6 Å². The van der Waals surface area contributed by atoms with Gasteiger partial charge in [0, 0.05) is 5.69 Å². The molecule has 37 heavy (non-hydrogen) atoms. The Morgan fingerprint density at radius 2 is 1.68 bits per heavy atom. The summed E-state index contributed by atoms with van der Waals surface area (Å²) in [7, 11) is 0. The minimum atomic E-state index is -0.272. The molecule has 4 aromatic rings. The summed E-state index contributed by atoms with van der Waals surface area (Å²) in [6.45, 7) is 6.04. The van der Waals surface area contributed by atoms with Gasteiger partial charge in [0.05, 0.1) is 18.0 Å². The van der Waals surface area contributed by atoms with Gasteiger partial charge in [-0.15, -0.1) is 10.2 Å². The zero-order valence-corrected chi connectivity index (χ0v) is 21.8. The second-order valence-electron chi connectivity index (χ2n) is 8.61. The summed E-state index contributed by atoms with van der Waals surface area (Å²) in [5.74, 6) is 0.932. The molecule has 2 amide bonds. The molecule has 0 atom stereocenters. The third kappa shape index (κ3) is 7.20. The van der Waals surface area contributed by atoms with Crippen molar-refractivity contribution in [1.29, 1.82) is 0 Å². The van der Waals surface area contributed by atoms with Crippen molar-refractivity contribution in [3.8, 4) is 11.4 Å². The minimum Gasteiger partial charge on any atom is -0.484 e. The number of amides is 2. The number of aryl methyl sites for hydroxylation is 3. The number of benzene rings is 3. The van der Waals surface area contributed by atoms with Crippen LogP contribution in [0.25, 0.3) is 5.69 Å². The Labute approximate surface area is 220 Å². The second kappa shape index (κ2) is 12.2. The molecule has 0 saturated heterocycles. The number of ether oxygens (including phenoxy) is 1. The van der Waals surface area contributed by atoms with Crippen LogP contribution in [0.1, 0.15) is 22.5 Å². The van der Waals surface area contributed by atoms with E-state index in [9.17, 15) is 9.59 Å². The topological polar surface area (TPSA) is 98.1 Å². The van der Waals surface area contributed by atoms with Gasteiger partial charge in [0.2, 0.25) is 5.91 Å². The fourth-order valence-electron chi connectivity index (χ4n) is 3.65. The number of hydrogen-bond acceptors (Lipinski definition) is 6. The first-order valence-corrected chi connectivity index (χ1v) is 12.8. The number of aromatic nitrogens is 3. The molecule has 0 aliphatic carbocycles. The van der Waals surface area contributed by atoms with Gasteiger partial charge in [-0.05, 0) is 67.8 Å². The zero-order chi connectivity index (χ0) is 26.2. The fourth-order valence-corrected chi connectivity index (χ4v) is 4.42. The summed E-state index contributed by atoms with van der Waals surface area (Å²) < 4.78 is 7.42. The van der Waals surface area contributed by atoms with Gasteiger partial charge in [-0.3, -0.25) is 14.2 Å². The van der Waals surface area contributed by atoms with Crippen LogP contribution in [0.5, 0.6) is 5.75 Å². The van der Waals surface area contributed by atoms with E-state index in [2.05, 4.69) is 20.8 Å². The Morgan fingerprint density at radius 1 is 0.892 bits per heavy atom. The van der Waals surface area contributed by atoms with Gasteiger partial charge < -0.3 is 15.4 Å². The number of anilines is 1. The third-order valence-electron chi connectivity index (χ3n) is 5.50. The standard InChI is InChI=1S/C28H29N5O3S/c1-19-8-7-9-22(14-19)30-27(35)18-37-28-32-31-25(33(28)24-15-20(2)12-13-21(24)3)16-29-26(34)17-36-23-10-5-4-6-11-23/h4-15H,16-18H2,1-3H3,(H,29,34)(H,30,35). The van der Waals surface area contributed by atoms with E-state index in [0.29, 0.717) is 16.7 Å². The number of carbonyl (C=O) groups excluding carboxylic acids is 2. The highest BCUT2D eigenvalue weighted by Crippen LogP contribution is 2.25. The first kappa shape index (κ1) is 26.0. The van der Waals surface area contributed by atoms with Crippen LogP contribution in [0, 0.1) is 20.8 Å². The summed E-state index contributed by atoms with van der Waals surface area (Å²) >= 11 is 1.29. The van der Waals surface area contributed by atoms with Crippen LogP contribution in [0.2, 0.25) is 0 Å². The first-order valence-electron chi connectivity index (χ1n) is 11.8. The van der Waals surface area contributed by atoms with Crippen LogP contribution < -0.4 is 15.4 Å². The molecule has 3 aromatic carbocycles. The maximum atomic E-state index is 12.6. The molecular formula is C28H29N5O3S. The van der Waals surface area contributed by atoms with E-state index < -0.39 is 0 Å². The Morgan fingerprint density at radius 3 is 2.46 bits per heavy atom. The second-order valence-corrected chi connectivity index (χ2v) is 9.55. The molecule has 0 aliphatic heterocycles. The molecule has 190 valence electrons. The van der Waals surface area contributed by atoms with Crippen molar-refractivity contribution in [1.82, 2.24) is 20.1 Å². The lowest BCUT2D eigenvalue weighted by Gasteiger charge is -2.14. The van der Waals surface area contributed by atoms with E-state index in [1.165, 1.54) is 11.8 Å². The fraction of sp³-hybridized carbons (Fsp3) is 0.214. The van der Waals surface area contributed by atoms with Crippen molar-refractivity contribution in [3.63, 3.8) is 0 Å². The van der Waals surface area contributed by atoms with E-state index in [-0.39, 0.29) is 30.7 Å². The number of nitrogens with one attached hydrogen (secondary N) is 2. The quantitative estimate of drug-likeness (QED) is 0.299. The molecule has 1 aromatic heterocycles. The molecule has 0 spiro atoms. The molecule has 1 heterocycles. The van der Waals surface area contributed by atoms with E-state index in [1.54, 1.807) is 12.1 Å². The van der Waals surface area contributed by atoms with Crippen molar-refractivity contribution in [2.24, 2.45) is 0 Å². The molecule has 0 saturated carbocycles. The molecule has 9 heteroatoms. The van der Waals surface area contributed by atoms with Crippen molar-refractivity contribution >= 4 is 29.3 Å². The number of rotatable bonds is 10. The Bertz CT molecular complexity index is 1390. The highest BCUT2D eigenvalue weighted by Gasteiger charge is 2.18. The van der Waals surface area contributed by atoms with E-state index in [0.717, 1.165) is 28.1 Å². The molecule has 0 unspecified atom stereocenters. The predicted molar refractivity (Wildman–Crippen MR) is 145 cm³/mol. The average molecular weight is 516 g/mol. The number of thioether (sulfide) groups is 1. The SMILES string of the molecule is Cc1cccc(NC(=O)CSc2nnc(CNC(=O)COc3ccccc3)n2-c2cc(C)ccc2C)c1. The van der Waals surface area contributed by atoms with Crippen molar-refractivity contribution in [2.75, 3.05) is 17.7 Å². The van der Waals surface area contributed by atoms with E-state index in [1.807, 2.05) is 86.0 Å². The van der Waals surface area contributed by atoms with Crippen LogP contribution in [0.4, 0.5) is 5.69 Å². The molecule has 0 bridgehead atoms. The first-order chi connectivity index (χ1) is 17.9. The Balaban J connectivity index is 1.47. The van der Waals surface area contributed by atoms with Gasteiger partial charge in [-0.25, -0.2) is 0 Å². The summed E-state index contributed by atoms with van der Waals surface area (Å²) in [5.41, 5.74) is 4.82. The van der Waals surface area contributed by atoms with Crippen LogP contribution in [-0.2, 0) is 16.1 Å². The van der Waals surface area contributed by atoms with Gasteiger partial charge in [0.25, 0.3) is 5.91 Å². The van der Waals surface area contributed by atoms with Crippen molar-refractivity contribution in [2.45, 2.75) is 32.5 Å². The highest BCUT2D eigenvalue weighted by molar-refractivity contribution is 7.99. The number of para-hydroxylation sites is 1. The lowest BCUT2D eigenvalue weighted by Crippen LogP contribution is -2.29. The maximum absolute atomic E-state index is 12.6. The molecule has 0 fully saturated rings. The number of carbonyl (C=O) groups is 2. The highest BCUT2D eigenvalue weighted by atomic mass is 32.2. The number of nitrogens with zero attached hydrogens (tertiary/aromatic N) is 3. The van der Waals surface area contributed by atoms with Crippen LogP contribution in [-0.4, -0.2) is 38.9 Å². The van der Waals surface area contributed by atoms with E-state index >= 15 is 0 Å². The molecule has 4 rings (SSSR count). The third-order valence-corrected chi connectivity index (χ3v) is 6.43. The average Bonchev–Trinajstić information content (AvgIpc) is 3.29. The minimum absolute atomic E-state index is 0.109. The van der Waals surface area contributed by atoms with Gasteiger partial charge in [0.1, 0.15) is 5.75 Å². The molecule has 2 N–H and O–H groups in total. The van der Waals surface area contributed by atoms with E-state index in [4.69, 9.17) is 4.74 Å². The summed E-state index contributed by atoms with van der Waals surface area (Å²) in [5, 5.41) is 15.0. The van der Waals surface area contributed by atoms with Crippen LogP contribution >= 0.6 is 11.8 Å². The predicted octanol–water partition coefficient (Wildman–Crippen LogP) is 4.62. The van der Waals surface area contributed by atoms with Gasteiger partial charge in [-0.1, -0.05) is 54.2 Å². The summed E-state index contributed by atoms with van der Waals surface area (Å²) in [4.78, 5) is 25.0. The molecule has 0 radical (unpaired) electrons. The lowest BCUT2D eigenvalue weighted by molar-refractivity contribution is -0.123. The Kier molecular flexibility index (Phi) is 8.58. The molecule has 8 nitrogen and oxygen atoms in total. The molecule has 0 aliphatic rings. The monoisotopic (exact) mass is 515 g/mol. The summed E-state index contributed by atoms with van der Waals surface area (Å²) in [6, 6.07) is 22.9. The van der Waals surface area contributed by atoms with Gasteiger partial charge in [-0.2, -0.15) is 0 Å². The molecular weight excluding hydrogens is 486 g/mol. The lowest BCUT2D eigenvalue weighted by atomic mass is 10.1. The smallest absolute Gasteiger partial charge is 0.258 e. The van der Waals surface area contributed by atoms with Gasteiger partial charge >= 0.3 is 0 Å². The van der Waals surface area contributed by atoms with Crippen LogP contribution in [0.15, 0.2) is 78.0 Å².